The monoisotopic (exact) mass is 311 g/mol. The molecule has 0 amide bonds. The van der Waals surface area contributed by atoms with Crippen LogP contribution in [0.25, 0.3) is 22.2 Å². The number of hydrogen-bond acceptors (Lipinski definition) is 5. The van der Waals surface area contributed by atoms with Crippen molar-refractivity contribution in [1.82, 2.24) is 14.8 Å². The van der Waals surface area contributed by atoms with E-state index in [-0.39, 0.29) is 11.6 Å². The van der Waals surface area contributed by atoms with Gasteiger partial charge in [0, 0.05) is 17.3 Å². The van der Waals surface area contributed by atoms with E-state index in [0.29, 0.717) is 27.7 Å². The van der Waals surface area contributed by atoms with Crippen molar-refractivity contribution in [2.75, 3.05) is 0 Å². The molecule has 3 aromatic rings. The Morgan fingerprint density at radius 3 is 2.61 bits per heavy atom. The number of aliphatic hydroxyl groups excluding tert-OH is 1. The maximum Gasteiger partial charge on any atom is 0.276 e. The second-order valence-electron chi connectivity index (χ2n) is 5.59. The third kappa shape index (κ3) is 2.74. The number of benzene rings is 1. The number of aliphatic hydroxyl groups is 2. The quantitative estimate of drug-likeness (QED) is 0.723. The standard InChI is InChI=1S/C17H17N3O3/c1-10(2)20-16(21)13-7-4-8-18-15(13)14(19-20)11-5-3-6-12(9-11)17(22)23/h3-10,17,22-23H,1-2H3. The van der Waals surface area contributed by atoms with Crippen LogP contribution in [0, 0.1) is 0 Å². The predicted molar refractivity (Wildman–Crippen MR) is 86.8 cm³/mol. The Labute approximate surface area is 132 Å². The van der Waals surface area contributed by atoms with Gasteiger partial charge in [-0.25, -0.2) is 4.68 Å². The molecule has 0 atom stereocenters. The maximum atomic E-state index is 12.5. The Kier molecular flexibility index (Phi) is 3.94. The second kappa shape index (κ2) is 5.91. The molecule has 0 bridgehead atoms. The molecule has 6 heteroatoms. The van der Waals surface area contributed by atoms with E-state index in [9.17, 15) is 15.0 Å². The summed E-state index contributed by atoms with van der Waals surface area (Å²) in [5.74, 6) is 0. The molecule has 23 heavy (non-hydrogen) atoms. The van der Waals surface area contributed by atoms with E-state index < -0.39 is 6.29 Å². The van der Waals surface area contributed by atoms with Crippen LogP contribution in [0.1, 0.15) is 31.7 Å². The van der Waals surface area contributed by atoms with E-state index in [2.05, 4.69) is 10.1 Å². The molecule has 3 rings (SSSR count). The van der Waals surface area contributed by atoms with Gasteiger partial charge in [0.05, 0.1) is 11.4 Å². The maximum absolute atomic E-state index is 12.5. The van der Waals surface area contributed by atoms with E-state index in [0.717, 1.165) is 0 Å². The van der Waals surface area contributed by atoms with Crippen LogP contribution in [-0.2, 0) is 0 Å². The molecule has 0 spiro atoms. The van der Waals surface area contributed by atoms with Gasteiger partial charge in [-0.05, 0) is 32.0 Å². The fourth-order valence-electron chi connectivity index (χ4n) is 2.48. The summed E-state index contributed by atoms with van der Waals surface area (Å²) in [6.45, 7) is 3.77. The summed E-state index contributed by atoms with van der Waals surface area (Å²) in [7, 11) is 0. The number of pyridine rings is 1. The number of fused-ring (bicyclic) bond motifs is 1. The summed E-state index contributed by atoms with van der Waals surface area (Å²) >= 11 is 0. The van der Waals surface area contributed by atoms with Crippen LogP contribution in [-0.4, -0.2) is 25.0 Å². The van der Waals surface area contributed by atoms with E-state index in [1.54, 1.807) is 42.6 Å². The molecule has 6 nitrogen and oxygen atoms in total. The fraction of sp³-hybridized carbons (Fsp3) is 0.235. The first-order chi connectivity index (χ1) is 11.0. The van der Waals surface area contributed by atoms with Crippen LogP contribution in [0.3, 0.4) is 0 Å². The zero-order valence-corrected chi connectivity index (χ0v) is 12.8. The molecule has 0 radical (unpaired) electrons. The van der Waals surface area contributed by atoms with E-state index >= 15 is 0 Å². The van der Waals surface area contributed by atoms with Crippen LogP contribution in [0.4, 0.5) is 0 Å². The molecule has 2 N–H and O–H groups in total. The molecule has 0 aliphatic carbocycles. The molecule has 0 aliphatic heterocycles. The van der Waals surface area contributed by atoms with Gasteiger partial charge >= 0.3 is 0 Å². The Balaban J connectivity index is 2.35. The molecule has 118 valence electrons. The minimum atomic E-state index is -1.56. The highest BCUT2D eigenvalue weighted by molar-refractivity contribution is 5.90. The fourth-order valence-corrected chi connectivity index (χ4v) is 2.48. The van der Waals surface area contributed by atoms with E-state index in [1.807, 2.05) is 13.8 Å². The Morgan fingerprint density at radius 2 is 1.91 bits per heavy atom. The van der Waals surface area contributed by atoms with Crippen LogP contribution in [0.15, 0.2) is 47.4 Å². The molecule has 2 heterocycles. The molecule has 0 aliphatic rings. The van der Waals surface area contributed by atoms with Crippen LogP contribution in [0.2, 0.25) is 0 Å². The summed E-state index contributed by atoms with van der Waals surface area (Å²) < 4.78 is 1.42. The zero-order chi connectivity index (χ0) is 16.6. The highest BCUT2D eigenvalue weighted by Crippen LogP contribution is 2.25. The van der Waals surface area contributed by atoms with E-state index in [1.165, 1.54) is 4.68 Å². The number of rotatable bonds is 3. The smallest absolute Gasteiger partial charge is 0.276 e. The lowest BCUT2D eigenvalue weighted by atomic mass is 10.1. The van der Waals surface area contributed by atoms with Gasteiger partial charge in [-0.15, -0.1) is 0 Å². The molecule has 0 saturated heterocycles. The normalized spacial score (nSPS) is 11.6. The van der Waals surface area contributed by atoms with Gasteiger partial charge < -0.3 is 10.2 Å². The van der Waals surface area contributed by atoms with Crippen molar-refractivity contribution in [3.05, 3.63) is 58.5 Å². The highest BCUT2D eigenvalue weighted by atomic mass is 16.5. The van der Waals surface area contributed by atoms with Crippen LogP contribution in [0.5, 0.6) is 0 Å². The Bertz CT molecular complexity index is 916. The Hall–Kier alpha value is -2.57. The zero-order valence-electron chi connectivity index (χ0n) is 12.8. The average molecular weight is 311 g/mol. The molecule has 2 aromatic heterocycles. The van der Waals surface area contributed by atoms with Gasteiger partial charge in [0.2, 0.25) is 0 Å². The molecule has 0 saturated carbocycles. The van der Waals surface area contributed by atoms with Crippen molar-refractivity contribution in [3.63, 3.8) is 0 Å². The summed E-state index contributed by atoms with van der Waals surface area (Å²) in [6.07, 6.45) is 0.0439. The van der Waals surface area contributed by atoms with Crippen LogP contribution < -0.4 is 5.56 Å². The molecular formula is C17H17N3O3. The van der Waals surface area contributed by atoms with Gasteiger partial charge in [-0.2, -0.15) is 5.10 Å². The third-order valence-electron chi connectivity index (χ3n) is 3.63. The van der Waals surface area contributed by atoms with Gasteiger partial charge in [0.15, 0.2) is 6.29 Å². The summed E-state index contributed by atoms with van der Waals surface area (Å²) in [4.78, 5) is 16.8. The lowest BCUT2D eigenvalue weighted by Gasteiger charge is -2.13. The SMILES string of the molecule is CC(C)n1nc(-c2cccc(C(O)O)c2)c2ncccc2c1=O. The summed E-state index contributed by atoms with van der Waals surface area (Å²) in [5, 5.41) is 23.7. The minimum Gasteiger partial charge on any atom is -0.364 e. The van der Waals surface area contributed by atoms with Crippen molar-refractivity contribution in [3.8, 4) is 11.3 Å². The number of hydrogen-bond donors (Lipinski definition) is 2. The number of aromatic nitrogens is 3. The van der Waals surface area contributed by atoms with Crippen molar-refractivity contribution in [2.24, 2.45) is 0 Å². The third-order valence-corrected chi connectivity index (χ3v) is 3.63. The largest absolute Gasteiger partial charge is 0.364 e. The second-order valence-corrected chi connectivity index (χ2v) is 5.59. The van der Waals surface area contributed by atoms with Crippen molar-refractivity contribution in [2.45, 2.75) is 26.2 Å². The summed E-state index contributed by atoms with van der Waals surface area (Å²) in [6, 6.07) is 10.1. The lowest BCUT2D eigenvalue weighted by molar-refractivity contribution is -0.0424. The topological polar surface area (TPSA) is 88.2 Å². The predicted octanol–water partition coefficient (Wildman–Crippen LogP) is 2.02. The first-order valence-corrected chi connectivity index (χ1v) is 7.33. The average Bonchev–Trinajstić information content (AvgIpc) is 2.55. The lowest BCUT2D eigenvalue weighted by Crippen LogP contribution is -2.25. The molecule has 0 fully saturated rings. The van der Waals surface area contributed by atoms with Crippen molar-refractivity contribution < 1.29 is 10.2 Å². The van der Waals surface area contributed by atoms with Crippen molar-refractivity contribution in [1.29, 1.82) is 0 Å². The van der Waals surface area contributed by atoms with Gasteiger partial charge in [0.1, 0.15) is 11.2 Å². The molecular weight excluding hydrogens is 294 g/mol. The van der Waals surface area contributed by atoms with Gasteiger partial charge in [0.25, 0.3) is 5.56 Å². The number of nitrogens with zero attached hydrogens (tertiary/aromatic N) is 3. The summed E-state index contributed by atoms with van der Waals surface area (Å²) in [5.41, 5.74) is 1.88. The Morgan fingerprint density at radius 1 is 1.13 bits per heavy atom. The minimum absolute atomic E-state index is 0.0996. The van der Waals surface area contributed by atoms with Crippen molar-refractivity contribution >= 4 is 10.9 Å². The molecule has 0 unspecified atom stereocenters. The van der Waals surface area contributed by atoms with E-state index in [4.69, 9.17) is 0 Å². The molecule has 1 aromatic carbocycles. The first-order valence-electron chi connectivity index (χ1n) is 7.33. The van der Waals surface area contributed by atoms with Gasteiger partial charge in [-0.1, -0.05) is 18.2 Å². The first kappa shape index (κ1) is 15.3. The van der Waals surface area contributed by atoms with Gasteiger partial charge in [-0.3, -0.25) is 9.78 Å². The van der Waals surface area contributed by atoms with Crippen LogP contribution >= 0.6 is 0 Å². The highest BCUT2D eigenvalue weighted by Gasteiger charge is 2.15.